The number of aryl methyl sites for hydroxylation is 3. The number of hydrogen-bond acceptors (Lipinski definition) is 4. The number of aromatic nitrogens is 2. The van der Waals surface area contributed by atoms with Gasteiger partial charge in [-0.05, 0) is 32.4 Å². The molecule has 1 aliphatic heterocycles. The van der Waals surface area contributed by atoms with Crippen LogP contribution >= 0.6 is 0 Å². The third kappa shape index (κ3) is 2.74. The molecule has 0 spiro atoms. The van der Waals surface area contributed by atoms with E-state index < -0.39 is 0 Å². The van der Waals surface area contributed by atoms with Crippen molar-refractivity contribution in [3.05, 3.63) is 34.4 Å². The van der Waals surface area contributed by atoms with E-state index in [9.17, 15) is 4.79 Å². The molecule has 3 rings (SSSR count). The van der Waals surface area contributed by atoms with Gasteiger partial charge in [0.1, 0.15) is 11.5 Å². The average molecular weight is 305 g/mol. The number of amides is 1. The normalized spacial score (nSPS) is 16.4. The Bertz CT molecular complexity index is 695. The highest BCUT2D eigenvalue weighted by Crippen LogP contribution is 2.39. The van der Waals surface area contributed by atoms with Gasteiger partial charge in [-0.25, -0.2) is 0 Å². The van der Waals surface area contributed by atoms with Gasteiger partial charge in [0.15, 0.2) is 5.82 Å². The molecule has 3 heterocycles. The number of rotatable bonds is 1. The number of anilines is 1. The summed E-state index contributed by atoms with van der Waals surface area (Å²) in [4.78, 5) is 20.2. The standard InChI is InChI=1S/C14H17N3O2.CH2O2/c1-7-5-11(19-9(7)3)10-6-12(18)15-14-13(10)8(2)17(4)16-14;2-1-3/h5,10H,6H2,1-4H3,(H,15,16,18);1H,(H,2,3). The number of hydrogen-bond donors (Lipinski definition) is 2. The summed E-state index contributed by atoms with van der Waals surface area (Å²) < 4.78 is 7.60. The monoisotopic (exact) mass is 305 g/mol. The number of fused-ring (bicyclic) bond motifs is 1. The molecule has 0 aromatic carbocycles. The van der Waals surface area contributed by atoms with Crippen molar-refractivity contribution in [3.63, 3.8) is 0 Å². The third-order valence-electron chi connectivity index (χ3n) is 3.90. The molecule has 7 heteroatoms. The average Bonchev–Trinajstić information content (AvgIpc) is 2.91. The molecule has 1 atom stereocenters. The lowest BCUT2D eigenvalue weighted by molar-refractivity contribution is -0.123. The maximum atomic E-state index is 11.8. The smallest absolute Gasteiger partial charge is 0.290 e. The molecule has 2 aromatic rings. The molecule has 22 heavy (non-hydrogen) atoms. The Balaban J connectivity index is 0.000000545. The predicted molar refractivity (Wildman–Crippen MR) is 79.9 cm³/mol. The predicted octanol–water partition coefficient (Wildman–Crippen LogP) is 2.11. The molecule has 2 N–H and O–H groups in total. The van der Waals surface area contributed by atoms with Crippen LogP contribution in [0.15, 0.2) is 10.5 Å². The zero-order valence-electron chi connectivity index (χ0n) is 13.0. The van der Waals surface area contributed by atoms with Crippen molar-refractivity contribution in [2.75, 3.05) is 5.32 Å². The van der Waals surface area contributed by atoms with Crippen LogP contribution in [0.3, 0.4) is 0 Å². The van der Waals surface area contributed by atoms with Crippen LogP contribution in [0.1, 0.15) is 40.7 Å². The van der Waals surface area contributed by atoms with E-state index in [1.165, 1.54) is 0 Å². The maximum Gasteiger partial charge on any atom is 0.290 e. The van der Waals surface area contributed by atoms with Gasteiger partial charge in [0.25, 0.3) is 6.47 Å². The number of carboxylic acid groups (broad SMARTS) is 1. The Hall–Kier alpha value is -2.57. The number of nitrogens with one attached hydrogen (secondary N) is 1. The van der Waals surface area contributed by atoms with E-state index >= 15 is 0 Å². The second-order valence-electron chi connectivity index (χ2n) is 5.27. The number of carbonyl (C=O) groups excluding carboxylic acids is 1. The third-order valence-corrected chi connectivity index (χ3v) is 3.90. The van der Waals surface area contributed by atoms with E-state index in [1.54, 1.807) is 4.68 Å². The van der Waals surface area contributed by atoms with Crippen LogP contribution in [-0.2, 0) is 16.6 Å². The first kappa shape index (κ1) is 15.8. The second kappa shape index (κ2) is 6.05. The Morgan fingerprint density at radius 2 is 2.09 bits per heavy atom. The molecule has 0 radical (unpaired) electrons. The summed E-state index contributed by atoms with van der Waals surface area (Å²) in [7, 11) is 1.88. The summed E-state index contributed by atoms with van der Waals surface area (Å²) in [6.07, 6.45) is 0.409. The highest BCUT2D eigenvalue weighted by Gasteiger charge is 2.33. The lowest BCUT2D eigenvalue weighted by atomic mass is 9.90. The largest absolute Gasteiger partial charge is 0.483 e. The summed E-state index contributed by atoms with van der Waals surface area (Å²) in [5.41, 5.74) is 3.24. The van der Waals surface area contributed by atoms with Crippen molar-refractivity contribution in [3.8, 4) is 0 Å². The van der Waals surface area contributed by atoms with Gasteiger partial charge in [-0.3, -0.25) is 14.3 Å². The van der Waals surface area contributed by atoms with E-state index in [1.807, 2.05) is 33.9 Å². The fourth-order valence-electron chi connectivity index (χ4n) is 2.62. The van der Waals surface area contributed by atoms with Gasteiger partial charge in [0.2, 0.25) is 5.91 Å². The summed E-state index contributed by atoms with van der Waals surface area (Å²) in [5, 5.41) is 14.1. The molecule has 0 saturated carbocycles. The van der Waals surface area contributed by atoms with Gasteiger partial charge in [-0.2, -0.15) is 5.10 Å². The summed E-state index contributed by atoms with van der Waals surface area (Å²) in [6, 6.07) is 2.02. The lowest BCUT2D eigenvalue weighted by Gasteiger charge is -2.20. The number of furan rings is 1. The molecule has 7 nitrogen and oxygen atoms in total. The first-order chi connectivity index (χ1) is 10.4. The highest BCUT2D eigenvalue weighted by atomic mass is 16.3. The van der Waals surface area contributed by atoms with Crippen molar-refractivity contribution in [1.82, 2.24) is 9.78 Å². The van der Waals surface area contributed by atoms with E-state index in [0.717, 1.165) is 28.3 Å². The second-order valence-corrected chi connectivity index (χ2v) is 5.27. The summed E-state index contributed by atoms with van der Waals surface area (Å²) >= 11 is 0. The van der Waals surface area contributed by atoms with Crippen LogP contribution in [0.4, 0.5) is 5.82 Å². The Morgan fingerprint density at radius 1 is 1.45 bits per heavy atom. The molecule has 0 fully saturated rings. The Labute approximate surface area is 127 Å². The zero-order chi connectivity index (χ0) is 16.4. The molecule has 0 saturated heterocycles. The van der Waals surface area contributed by atoms with Gasteiger partial charge in [0, 0.05) is 24.7 Å². The van der Waals surface area contributed by atoms with E-state index in [-0.39, 0.29) is 18.3 Å². The molecule has 0 bridgehead atoms. The number of carbonyl (C=O) groups is 2. The van der Waals surface area contributed by atoms with Crippen LogP contribution < -0.4 is 5.32 Å². The molecule has 2 aromatic heterocycles. The summed E-state index contributed by atoms with van der Waals surface area (Å²) in [6.45, 7) is 5.72. The van der Waals surface area contributed by atoms with Crippen molar-refractivity contribution >= 4 is 18.2 Å². The van der Waals surface area contributed by atoms with Crippen molar-refractivity contribution < 1.29 is 19.1 Å². The van der Waals surface area contributed by atoms with E-state index in [2.05, 4.69) is 10.4 Å². The van der Waals surface area contributed by atoms with Crippen LogP contribution in [0.2, 0.25) is 0 Å². The summed E-state index contributed by atoms with van der Waals surface area (Å²) in [5.74, 6) is 2.37. The number of nitrogens with zero attached hydrogens (tertiary/aromatic N) is 2. The Kier molecular flexibility index (Phi) is 4.35. The topological polar surface area (TPSA) is 97.4 Å². The van der Waals surface area contributed by atoms with Gasteiger partial charge in [0.05, 0.1) is 5.92 Å². The van der Waals surface area contributed by atoms with Gasteiger partial charge in [-0.1, -0.05) is 0 Å². The zero-order valence-corrected chi connectivity index (χ0v) is 13.0. The van der Waals surface area contributed by atoms with Crippen LogP contribution in [0.25, 0.3) is 0 Å². The highest BCUT2D eigenvalue weighted by molar-refractivity contribution is 5.94. The maximum absolute atomic E-state index is 11.8. The minimum Gasteiger partial charge on any atom is -0.483 e. The van der Waals surface area contributed by atoms with Crippen molar-refractivity contribution in [1.29, 1.82) is 0 Å². The first-order valence-corrected chi connectivity index (χ1v) is 6.87. The van der Waals surface area contributed by atoms with Crippen molar-refractivity contribution in [2.24, 2.45) is 7.05 Å². The van der Waals surface area contributed by atoms with Gasteiger partial charge < -0.3 is 14.8 Å². The minimum atomic E-state index is -0.250. The fourth-order valence-corrected chi connectivity index (χ4v) is 2.62. The SMILES string of the molecule is Cc1cc(C2CC(=O)Nc3nn(C)c(C)c32)oc1C.O=CO. The molecule has 1 amide bonds. The lowest BCUT2D eigenvalue weighted by Crippen LogP contribution is -2.23. The molecule has 0 aliphatic carbocycles. The van der Waals surface area contributed by atoms with Crippen LogP contribution in [0, 0.1) is 20.8 Å². The minimum absolute atomic E-state index is 0.0118. The van der Waals surface area contributed by atoms with Crippen LogP contribution in [0.5, 0.6) is 0 Å². The molecule has 1 unspecified atom stereocenters. The van der Waals surface area contributed by atoms with Crippen LogP contribution in [-0.4, -0.2) is 27.3 Å². The molecular formula is C15H19N3O4. The van der Waals surface area contributed by atoms with Gasteiger partial charge >= 0.3 is 0 Å². The molecule has 1 aliphatic rings. The fraction of sp³-hybridized carbons (Fsp3) is 0.400. The van der Waals surface area contributed by atoms with Gasteiger partial charge in [-0.15, -0.1) is 0 Å². The van der Waals surface area contributed by atoms with E-state index in [0.29, 0.717) is 12.2 Å². The van der Waals surface area contributed by atoms with E-state index in [4.69, 9.17) is 14.3 Å². The van der Waals surface area contributed by atoms with Crippen molar-refractivity contribution in [2.45, 2.75) is 33.1 Å². The first-order valence-electron chi connectivity index (χ1n) is 6.87. The molecular weight excluding hydrogens is 286 g/mol. The quantitative estimate of drug-likeness (QED) is 0.786. The molecule has 118 valence electrons. The Morgan fingerprint density at radius 3 is 2.64 bits per heavy atom.